The molecule has 1 rings (SSSR count). The lowest BCUT2D eigenvalue weighted by Gasteiger charge is -2.34. The lowest BCUT2D eigenvalue weighted by atomic mass is 9.94. The van der Waals surface area contributed by atoms with Crippen LogP contribution in [0.15, 0.2) is 4.99 Å². The molecule has 1 saturated heterocycles. The zero-order valence-corrected chi connectivity index (χ0v) is 14.0. The molecule has 1 aliphatic rings. The summed E-state index contributed by atoms with van der Waals surface area (Å²) in [5.74, 6) is 0.609. The Bertz CT molecular complexity index is 252. The maximum atomic E-state index is 5.96. The zero-order valence-electron chi connectivity index (χ0n) is 11.6. The van der Waals surface area contributed by atoms with Crippen LogP contribution in [-0.2, 0) is 9.47 Å². The maximum absolute atomic E-state index is 5.96. The first-order valence-electron chi connectivity index (χ1n) is 6.35. The second-order valence-corrected chi connectivity index (χ2v) is 4.35. The Morgan fingerprint density at radius 2 is 1.89 bits per heavy atom. The number of rotatable bonds is 5. The van der Waals surface area contributed by atoms with E-state index in [-0.39, 0.29) is 29.6 Å². The number of halogens is 1. The van der Waals surface area contributed by atoms with Crippen molar-refractivity contribution in [2.24, 2.45) is 10.7 Å². The van der Waals surface area contributed by atoms with Crippen LogP contribution in [0, 0.1) is 0 Å². The van der Waals surface area contributed by atoms with Crippen molar-refractivity contribution < 1.29 is 9.47 Å². The highest BCUT2D eigenvalue weighted by Gasteiger charge is 2.32. The summed E-state index contributed by atoms with van der Waals surface area (Å²) in [5, 5.41) is 0. The Labute approximate surface area is 127 Å². The molecule has 1 aliphatic heterocycles. The Morgan fingerprint density at radius 1 is 1.33 bits per heavy atom. The van der Waals surface area contributed by atoms with Gasteiger partial charge in [-0.05, 0) is 13.8 Å². The van der Waals surface area contributed by atoms with Gasteiger partial charge in [-0.1, -0.05) is 0 Å². The monoisotopic (exact) mass is 371 g/mol. The minimum Gasteiger partial charge on any atom is -0.381 e. The van der Waals surface area contributed by atoms with Gasteiger partial charge >= 0.3 is 0 Å². The van der Waals surface area contributed by atoms with Crippen LogP contribution in [-0.4, -0.2) is 56.4 Å². The Morgan fingerprint density at radius 3 is 2.33 bits per heavy atom. The van der Waals surface area contributed by atoms with Crippen LogP contribution in [0.4, 0.5) is 0 Å². The van der Waals surface area contributed by atoms with E-state index in [1.165, 1.54) is 0 Å². The van der Waals surface area contributed by atoms with E-state index >= 15 is 0 Å². The van der Waals surface area contributed by atoms with E-state index in [4.69, 9.17) is 15.2 Å². The second-order valence-electron chi connectivity index (χ2n) is 4.35. The molecular formula is C12H26IN3O2. The minimum atomic E-state index is -0.185. The van der Waals surface area contributed by atoms with Gasteiger partial charge in [-0.3, -0.25) is 4.99 Å². The molecule has 1 fully saturated rings. The molecule has 0 spiro atoms. The van der Waals surface area contributed by atoms with E-state index in [0.29, 0.717) is 12.5 Å². The molecule has 0 aromatic carbocycles. The molecule has 0 bridgehead atoms. The molecule has 0 aliphatic carbocycles. The van der Waals surface area contributed by atoms with Gasteiger partial charge in [-0.25, -0.2) is 0 Å². The molecular weight excluding hydrogens is 345 g/mol. The van der Waals surface area contributed by atoms with Gasteiger partial charge in [0.05, 0.1) is 12.1 Å². The Balaban J connectivity index is 0.00000289. The van der Waals surface area contributed by atoms with E-state index in [2.05, 4.69) is 18.8 Å². The molecule has 0 aromatic heterocycles. The number of nitrogens with zero attached hydrogens (tertiary/aromatic N) is 2. The van der Waals surface area contributed by atoms with Gasteiger partial charge in [0.1, 0.15) is 0 Å². The molecule has 0 radical (unpaired) electrons. The third-order valence-corrected chi connectivity index (χ3v) is 3.45. The highest BCUT2D eigenvalue weighted by molar-refractivity contribution is 14.0. The van der Waals surface area contributed by atoms with Crippen molar-refractivity contribution in [2.75, 3.05) is 40.0 Å². The van der Waals surface area contributed by atoms with Gasteiger partial charge in [0.25, 0.3) is 0 Å². The van der Waals surface area contributed by atoms with Crippen LogP contribution < -0.4 is 5.73 Å². The van der Waals surface area contributed by atoms with E-state index in [1.54, 1.807) is 7.11 Å². The van der Waals surface area contributed by atoms with Crippen molar-refractivity contribution in [3.05, 3.63) is 0 Å². The van der Waals surface area contributed by atoms with Gasteiger partial charge in [0.2, 0.25) is 0 Å². The summed E-state index contributed by atoms with van der Waals surface area (Å²) in [6.07, 6.45) is 1.77. The molecule has 0 saturated carbocycles. The van der Waals surface area contributed by atoms with Gasteiger partial charge in [0, 0.05) is 46.3 Å². The first-order valence-corrected chi connectivity index (χ1v) is 6.35. The summed E-state index contributed by atoms with van der Waals surface area (Å²) in [4.78, 5) is 6.52. The molecule has 6 heteroatoms. The molecule has 18 heavy (non-hydrogen) atoms. The van der Waals surface area contributed by atoms with Crippen molar-refractivity contribution >= 4 is 29.9 Å². The SMILES string of the molecule is CCN(CC)C(N)=NCC1(OC)CCOCC1.I. The number of nitrogens with two attached hydrogens (primary N) is 1. The Kier molecular flexibility index (Phi) is 8.89. The first kappa shape index (κ1) is 17.9. The topological polar surface area (TPSA) is 60.1 Å². The molecule has 0 atom stereocenters. The summed E-state index contributed by atoms with van der Waals surface area (Å²) >= 11 is 0. The maximum Gasteiger partial charge on any atom is 0.191 e. The second kappa shape index (κ2) is 8.92. The van der Waals surface area contributed by atoms with Gasteiger partial charge < -0.3 is 20.1 Å². The van der Waals surface area contributed by atoms with Crippen LogP contribution in [0.5, 0.6) is 0 Å². The number of methoxy groups -OCH3 is 1. The normalized spacial score (nSPS) is 19.2. The van der Waals surface area contributed by atoms with E-state index in [9.17, 15) is 0 Å². The van der Waals surface area contributed by atoms with Crippen molar-refractivity contribution in [3.63, 3.8) is 0 Å². The van der Waals surface area contributed by atoms with Crippen molar-refractivity contribution in [1.29, 1.82) is 0 Å². The van der Waals surface area contributed by atoms with Gasteiger partial charge in [-0.2, -0.15) is 0 Å². The molecule has 1 heterocycles. The first-order chi connectivity index (χ1) is 8.17. The van der Waals surface area contributed by atoms with Crippen LogP contribution in [0.1, 0.15) is 26.7 Å². The smallest absolute Gasteiger partial charge is 0.191 e. The summed E-state index contributed by atoms with van der Waals surface area (Å²) < 4.78 is 11.0. The highest BCUT2D eigenvalue weighted by Crippen LogP contribution is 2.24. The number of hydrogen-bond donors (Lipinski definition) is 1. The zero-order chi connectivity index (χ0) is 12.7. The predicted octanol–water partition coefficient (Wildman–Crippen LogP) is 1.46. The molecule has 0 amide bonds. The highest BCUT2D eigenvalue weighted by atomic mass is 127. The van der Waals surface area contributed by atoms with Gasteiger partial charge in [-0.15, -0.1) is 24.0 Å². The van der Waals surface area contributed by atoms with E-state index < -0.39 is 0 Å². The molecule has 0 aromatic rings. The van der Waals surface area contributed by atoms with Crippen LogP contribution in [0.2, 0.25) is 0 Å². The number of guanidine groups is 1. The quantitative estimate of drug-likeness (QED) is 0.452. The van der Waals surface area contributed by atoms with E-state index in [1.807, 2.05) is 4.90 Å². The standard InChI is InChI=1S/C12H25N3O2.HI/c1-4-15(5-2)11(13)14-10-12(16-3)6-8-17-9-7-12;/h4-10H2,1-3H3,(H2,13,14);1H. The predicted molar refractivity (Wildman–Crippen MR) is 84.6 cm³/mol. The van der Waals surface area contributed by atoms with E-state index in [0.717, 1.165) is 39.1 Å². The fourth-order valence-corrected chi connectivity index (χ4v) is 2.04. The van der Waals surface area contributed by atoms with Crippen molar-refractivity contribution in [2.45, 2.75) is 32.3 Å². The molecule has 108 valence electrons. The van der Waals surface area contributed by atoms with Crippen LogP contribution in [0.25, 0.3) is 0 Å². The number of hydrogen-bond acceptors (Lipinski definition) is 3. The number of ether oxygens (including phenoxy) is 2. The summed E-state index contributed by atoms with van der Waals surface area (Å²) in [6, 6.07) is 0. The van der Waals surface area contributed by atoms with Crippen LogP contribution in [0.3, 0.4) is 0 Å². The average molecular weight is 371 g/mol. The third kappa shape index (κ3) is 4.89. The summed E-state index contributed by atoms with van der Waals surface area (Å²) in [5.41, 5.74) is 5.77. The summed E-state index contributed by atoms with van der Waals surface area (Å²) in [6.45, 7) is 8.03. The van der Waals surface area contributed by atoms with Gasteiger partial charge in [0.15, 0.2) is 5.96 Å². The molecule has 2 N–H and O–H groups in total. The van der Waals surface area contributed by atoms with Crippen molar-refractivity contribution in [3.8, 4) is 0 Å². The Hall–Kier alpha value is -0.0800. The fraction of sp³-hybridized carbons (Fsp3) is 0.917. The minimum absolute atomic E-state index is 0. The lowest BCUT2D eigenvalue weighted by Crippen LogP contribution is -2.43. The lowest BCUT2D eigenvalue weighted by molar-refractivity contribution is -0.0829. The average Bonchev–Trinajstić information content (AvgIpc) is 2.39. The fourth-order valence-electron chi connectivity index (χ4n) is 2.04. The van der Waals surface area contributed by atoms with Crippen LogP contribution >= 0.6 is 24.0 Å². The third-order valence-electron chi connectivity index (χ3n) is 3.45. The number of aliphatic imine (C=N–C) groups is 1. The molecule has 5 nitrogen and oxygen atoms in total. The summed E-state index contributed by atoms with van der Waals surface area (Å²) in [7, 11) is 1.74. The molecule has 0 unspecified atom stereocenters. The van der Waals surface area contributed by atoms with Crippen molar-refractivity contribution in [1.82, 2.24) is 4.90 Å². The largest absolute Gasteiger partial charge is 0.381 e.